The molecule has 2 aromatic rings. The topological polar surface area (TPSA) is 87.4 Å². The van der Waals surface area contributed by atoms with E-state index >= 15 is 0 Å². The van der Waals surface area contributed by atoms with Gasteiger partial charge in [-0.1, -0.05) is 0 Å². The van der Waals surface area contributed by atoms with Gasteiger partial charge in [0.25, 0.3) is 0 Å². The van der Waals surface area contributed by atoms with Gasteiger partial charge in [0.2, 0.25) is 11.6 Å². The maximum Gasteiger partial charge on any atom is 0.353 e. The zero-order valence-electron chi connectivity index (χ0n) is 15.0. The maximum atomic E-state index is 13.9. The highest BCUT2D eigenvalue weighted by atomic mass is 19.1. The number of benzene rings is 1. The second-order valence-electron chi connectivity index (χ2n) is 6.55. The number of rotatable bonds is 5. The van der Waals surface area contributed by atoms with Crippen LogP contribution in [-0.2, 0) is 0 Å². The van der Waals surface area contributed by atoms with Crippen molar-refractivity contribution in [2.24, 2.45) is 0 Å². The molecule has 1 aromatic carbocycles. The molecule has 27 heavy (non-hydrogen) atoms. The first kappa shape index (κ1) is 18.9. The number of piperidine rings is 1. The smallest absolute Gasteiger partial charge is 0.351 e. The average molecular weight is 378 g/mol. The third kappa shape index (κ3) is 4.11. The fourth-order valence-electron chi connectivity index (χ4n) is 3.16. The van der Waals surface area contributed by atoms with Gasteiger partial charge in [0.1, 0.15) is 18.0 Å². The van der Waals surface area contributed by atoms with E-state index in [0.717, 1.165) is 44.1 Å². The molecule has 1 aromatic heterocycles. The minimum absolute atomic E-state index is 0.0913. The molecule has 0 spiro atoms. The molecule has 0 atom stereocenters. The molecule has 1 N–H and O–H groups in total. The van der Waals surface area contributed by atoms with Crippen LogP contribution >= 0.6 is 0 Å². The first-order valence-electron chi connectivity index (χ1n) is 8.49. The van der Waals surface area contributed by atoms with E-state index in [9.17, 15) is 18.9 Å². The van der Waals surface area contributed by atoms with Gasteiger partial charge < -0.3 is 15.1 Å². The lowest BCUT2D eigenvalue weighted by molar-refractivity contribution is -0.383. The third-order valence-corrected chi connectivity index (χ3v) is 4.74. The van der Waals surface area contributed by atoms with Crippen molar-refractivity contribution in [3.8, 4) is 0 Å². The van der Waals surface area contributed by atoms with Crippen molar-refractivity contribution in [1.82, 2.24) is 14.9 Å². The highest BCUT2D eigenvalue weighted by Crippen LogP contribution is 2.35. The number of nitrogens with one attached hydrogen (secondary N) is 1. The second-order valence-corrected chi connectivity index (χ2v) is 6.55. The van der Waals surface area contributed by atoms with E-state index in [4.69, 9.17) is 0 Å². The van der Waals surface area contributed by atoms with Crippen molar-refractivity contribution in [3.63, 3.8) is 0 Å². The molecule has 1 saturated heterocycles. The van der Waals surface area contributed by atoms with Gasteiger partial charge in [0.05, 0.1) is 10.6 Å². The van der Waals surface area contributed by atoms with Crippen molar-refractivity contribution in [2.45, 2.75) is 18.9 Å². The summed E-state index contributed by atoms with van der Waals surface area (Å²) in [6, 6.07) is 2.92. The molecule has 1 fully saturated rings. The molecule has 0 amide bonds. The Morgan fingerprint density at radius 3 is 2.67 bits per heavy atom. The minimum atomic E-state index is -0.741. The largest absolute Gasteiger partial charge is 0.353 e. The summed E-state index contributed by atoms with van der Waals surface area (Å²) in [5.74, 6) is -1.45. The third-order valence-electron chi connectivity index (χ3n) is 4.74. The summed E-state index contributed by atoms with van der Waals surface area (Å²) in [5, 5.41) is 14.2. The van der Waals surface area contributed by atoms with Gasteiger partial charge in [-0.15, -0.1) is 0 Å². The molecule has 0 saturated carbocycles. The first-order valence-corrected chi connectivity index (χ1v) is 8.49. The molecule has 144 valence electrons. The Bertz CT molecular complexity index is 842. The lowest BCUT2D eigenvalue weighted by Gasteiger charge is -2.35. The molecular weight excluding hydrogens is 358 g/mol. The SMILES string of the molecule is CN1CCC(N(C)c2ncnc(Nc3cc(F)ccc3F)c2[N+](=O)[O-])CC1. The number of nitro groups is 1. The highest BCUT2D eigenvalue weighted by Gasteiger charge is 2.30. The van der Waals surface area contributed by atoms with Gasteiger partial charge in [0, 0.05) is 19.2 Å². The predicted octanol–water partition coefficient (Wildman–Crippen LogP) is 2.94. The fourth-order valence-corrected chi connectivity index (χ4v) is 3.16. The molecule has 3 rings (SSSR count). The Morgan fingerprint density at radius 2 is 2.00 bits per heavy atom. The van der Waals surface area contributed by atoms with Crippen LogP contribution in [-0.4, -0.2) is 53.0 Å². The van der Waals surface area contributed by atoms with E-state index in [1.165, 1.54) is 6.33 Å². The monoisotopic (exact) mass is 378 g/mol. The Kier molecular flexibility index (Phi) is 5.45. The van der Waals surface area contributed by atoms with Crippen LogP contribution in [0.5, 0.6) is 0 Å². The molecule has 8 nitrogen and oxygen atoms in total. The van der Waals surface area contributed by atoms with Crippen molar-refractivity contribution in [1.29, 1.82) is 0 Å². The fraction of sp³-hybridized carbons (Fsp3) is 0.412. The number of aromatic nitrogens is 2. The Balaban J connectivity index is 1.95. The molecule has 0 bridgehead atoms. The Hall–Kier alpha value is -2.88. The van der Waals surface area contributed by atoms with Crippen molar-refractivity contribution >= 4 is 23.0 Å². The van der Waals surface area contributed by atoms with Crippen LogP contribution in [0.2, 0.25) is 0 Å². The number of anilines is 3. The summed E-state index contributed by atoms with van der Waals surface area (Å²) in [5.41, 5.74) is -0.604. The Labute approximate surface area is 155 Å². The van der Waals surface area contributed by atoms with Crippen LogP contribution in [0.15, 0.2) is 24.5 Å². The van der Waals surface area contributed by atoms with Crippen molar-refractivity contribution in [2.75, 3.05) is 37.4 Å². The zero-order valence-corrected chi connectivity index (χ0v) is 15.0. The van der Waals surface area contributed by atoms with Crippen LogP contribution < -0.4 is 10.2 Å². The van der Waals surface area contributed by atoms with Crippen molar-refractivity contribution in [3.05, 3.63) is 46.3 Å². The van der Waals surface area contributed by atoms with Gasteiger partial charge in [-0.2, -0.15) is 0 Å². The van der Waals surface area contributed by atoms with Gasteiger partial charge in [-0.25, -0.2) is 18.7 Å². The number of nitrogens with zero attached hydrogens (tertiary/aromatic N) is 5. The van der Waals surface area contributed by atoms with Gasteiger partial charge >= 0.3 is 5.69 Å². The summed E-state index contributed by atoms with van der Waals surface area (Å²) in [6.45, 7) is 1.76. The normalized spacial score (nSPS) is 15.6. The number of hydrogen-bond donors (Lipinski definition) is 1. The van der Waals surface area contributed by atoms with Crippen LogP contribution in [0.25, 0.3) is 0 Å². The van der Waals surface area contributed by atoms with Crippen molar-refractivity contribution < 1.29 is 13.7 Å². The van der Waals surface area contributed by atoms with E-state index in [1.807, 2.05) is 7.05 Å². The van der Waals surface area contributed by atoms with E-state index in [0.29, 0.717) is 0 Å². The number of hydrogen-bond acceptors (Lipinski definition) is 7. The summed E-state index contributed by atoms with van der Waals surface area (Å²) in [6.07, 6.45) is 2.86. The van der Waals surface area contributed by atoms with Crippen LogP contribution in [0.4, 0.5) is 31.8 Å². The van der Waals surface area contributed by atoms with Crippen LogP contribution in [0.1, 0.15) is 12.8 Å². The molecular formula is C17H20F2N6O2. The minimum Gasteiger partial charge on any atom is -0.351 e. The maximum absolute atomic E-state index is 13.9. The lowest BCUT2D eigenvalue weighted by atomic mass is 10.0. The first-order chi connectivity index (χ1) is 12.9. The predicted molar refractivity (Wildman–Crippen MR) is 97.2 cm³/mol. The lowest BCUT2D eigenvalue weighted by Crippen LogP contribution is -2.42. The van der Waals surface area contributed by atoms with Crippen LogP contribution in [0, 0.1) is 21.7 Å². The van der Waals surface area contributed by atoms with Gasteiger partial charge in [-0.3, -0.25) is 10.1 Å². The molecule has 0 radical (unpaired) electrons. The summed E-state index contributed by atoms with van der Waals surface area (Å²) < 4.78 is 27.3. The second kappa shape index (κ2) is 7.78. The highest BCUT2D eigenvalue weighted by molar-refractivity contribution is 5.74. The van der Waals surface area contributed by atoms with Gasteiger partial charge in [-0.05, 0) is 45.1 Å². The van der Waals surface area contributed by atoms with Crippen LogP contribution in [0.3, 0.4) is 0 Å². The zero-order chi connectivity index (χ0) is 19.6. The summed E-state index contributed by atoms with van der Waals surface area (Å²) in [4.78, 5) is 23.0. The van der Waals surface area contributed by atoms with E-state index in [2.05, 4.69) is 20.2 Å². The molecule has 0 unspecified atom stereocenters. The number of halogens is 2. The summed E-state index contributed by atoms with van der Waals surface area (Å²) >= 11 is 0. The molecule has 10 heteroatoms. The molecule has 2 heterocycles. The number of likely N-dealkylation sites (tertiary alicyclic amines) is 1. The molecule has 0 aliphatic carbocycles. The van der Waals surface area contributed by atoms with E-state index in [-0.39, 0.29) is 29.1 Å². The molecule has 1 aliphatic heterocycles. The van der Waals surface area contributed by atoms with E-state index in [1.54, 1.807) is 11.9 Å². The quantitative estimate of drug-likeness (QED) is 0.632. The van der Waals surface area contributed by atoms with E-state index < -0.39 is 16.6 Å². The van der Waals surface area contributed by atoms with Gasteiger partial charge in [0.15, 0.2) is 0 Å². The average Bonchev–Trinajstić information content (AvgIpc) is 2.64. The molecule has 1 aliphatic rings. The summed E-state index contributed by atoms with van der Waals surface area (Å²) in [7, 11) is 3.77. The standard InChI is InChI=1S/C17H20F2N6O2/c1-23-7-5-12(6-8-23)24(2)17-15(25(26)27)16(20-10-21-17)22-14-9-11(18)3-4-13(14)19/h3-4,9-10,12H,5-8H2,1-2H3,(H,20,21,22). The Morgan fingerprint density at radius 1 is 1.30 bits per heavy atom.